The summed E-state index contributed by atoms with van der Waals surface area (Å²) in [7, 11) is 1.30. The van der Waals surface area contributed by atoms with Gasteiger partial charge in [0, 0.05) is 0 Å². The molecule has 1 saturated heterocycles. The Morgan fingerprint density at radius 2 is 1.58 bits per heavy atom. The fraction of sp³-hybridized carbons (Fsp3) is 0.684. The minimum absolute atomic E-state index is 0.217. The molecule has 1 aliphatic heterocycles. The quantitative estimate of drug-likeness (QED) is 0.529. The maximum absolute atomic E-state index is 12.1. The van der Waals surface area contributed by atoms with Crippen LogP contribution in [0.1, 0.15) is 58.9 Å². The lowest BCUT2D eigenvalue weighted by molar-refractivity contribution is 0.00578. The van der Waals surface area contributed by atoms with Crippen LogP contribution in [0.15, 0.2) is 18.2 Å². The van der Waals surface area contributed by atoms with E-state index in [-0.39, 0.29) is 25.0 Å². The molecule has 1 aliphatic rings. The van der Waals surface area contributed by atoms with Gasteiger partial charge in [-0.1, -0.05) is 18.9 Å². The van der Waals surface area contributed by atoms with Gasteiger partial charge in [0.1, 0.15) is 5.75 Å². The number of hydrogen-bond acceptors (Lipinski definition) is 3. The Balaban J connectivity index is 2.09. The summed E-state index contributed by atoms with van der Waals surface area (Å²) in [5.41, 5.74) is 1.49. The van der Waals surface area contributed by atoms with E-state index in [1.165, 1.54) is 5.56 Å². The van der Waals surface area contributed by atoms with Crippen molar-refractivity contribution in [2.45, 2.75) is 71.0 Å². The van der Waals surface area contributed by atoms with Crippen molar-refractivity contribution in [1.82, 2.24) is 0 Å². The number of aryl methyl sites for hydroxylation is 1. The molecule has 3 nitrogen and oxygen atoms in total. The van der Waals surface area contributed by atoms with Gasteiger partial charge in [-0.3, -0.25) is 4.39 Å². The first kappa shape index (κ1) is 19.3. The first-order valence-corrected chi connectivity index (χ1v) is 8.88. The highest BCUT2D eigenvalue weighted by Crippen LogP contribution is 2.36. The number of ether oxygens (including phenoxy) is 1. The van der Waals surface area contributed by atoms with Gasteiger partial charge in [0.2, 0.25) is 0 Å². The molecule has 0 aromatic heterocycles. The normalized spacial score (nSPS) is 18.8. The molecule has 0 aliphatic carbocycles. The third kappa shape index (κ3) is 4.51. The highest BCUT2D eigenvalue weighted by atomic mass is 19.1. The van der Waals surface area contributed by atoms with Gasteiger partial charge in [0.15, 0.2) is 0 Å². The van der Waals surface area contributed by atoms with E-state index in [9.17, 15) is 4.39 Å². The number of rotatable bonds is 8. The molecule has 0 radical (unpaired) electrons. The second-order valence-corrected chi connectivity index (χ2v) is 7.56. The molecule has 0 atom stereocenters. The van der Waals surface area contributed by atoms with Crippen LogP contribution in [0.5, 0.6) is 5.75 Å². The van der Waals surface area contributed by atoms with Crippen LogP contribution in [-0.4, -0.2) is 32.1 Å². The van der Waals surface area contributed by atoms with Gasteiger partial charge in [-0.25, -0.2) is 0 Å². The Hall–Kier alpha value is -1.07. The standard InChI is InChI=1S/C19H30BFO3/c1-18(2)19(3,4)24-20(23-18)16-12-15(13-17(14-16)22-5)10-8-6-7-9-11-21/h12-14H,6-11H2,1-5H3. The number of benzene rings is 1. The zero-order valence-corrected chi connectivity index (χ0v) is 15.7. The second kappa shape index (κ2) is 7.88. The van der Waals surface area contributed by atoms with Gasteiger partial charge in [-0.15, -0.1) is 0 Å². The van der Waals surface area contributed by atoms with Crippen LogP contribution in [0.4, 0.5) is 4.39 Å². The van der Waals surface area contributed by atoms with Gasteiger partial charge >= 0.3 is 7.12 Å². The topological polar surface area (TPSA) is 27.7 Å². The lowest BCUT2D eigenvalue weighted by atomic mass is 9.78. The van der Waals surface area contributed by atoms with E-state index in [4.69, 9.17) is 14.0 Å². The van der Waals surface area contributed by atoms with Crippen LogP contribution < -0.4 is 10.2 Å². The van der Waals surface area contributed by atoms with E-state index >= 15 is 0 Å². The molecule has 5 heteroatoms. The van der Waals surface area contributed by atoms with Crippen LogP contribution in [0.25, 0.3) is 0 Å². The number of alkyl halides is 1. The summed E-state index contributed by atoms with van der Waals surface area (Å²) < 4.78 is 29.9. The summed E-state index contributed by atoms with van der Waals surface area (Å²) in [5.74, 6) is 0.820. The number of hydrogen-bond donors (Lipinski definition) is 0. The van der Waals surface area contributed by atoms with E-state index < -0.39 is 0 Å². The minimum atomic E-state index is -0.379. The summed E-state index contributed by atoms with van der Waals surface area (Å²) in [6.07, 6.45) is 4.67. The van der Waals surface area contributed by atoms with Crippen LogP contribution in [-0.2, 0) is 15.7 Å². The van der Waals surface area contributed by atoms with Gasteiger partial charge in [0.05, 0.1) is 25.0 Å². The van der Waals surface area contributed by atoms with Crippen molar-refractivity contribution >= 4 is 12.6 Å². The number of unbranched alkanes of at least 4 members (excludes halogenated alkanes) is 3. The van der Waals surface area contributed by atoms with E-state index in [1.54, 1.807) is 7.11 Å². The fourth-order valence-electron chi connectivity index (χ4n) is 2.84. The molecule has 0 saturated carbocycles. The van der Waals surface area contributed by atoms with Crippen molar-refractivity contribution < 1.29 is 18.4 Å². The molecule has 0 amide bonds. The van der Waals surface area contributed by atoms with E-state index in [0.717, 1.165) is 36.9 Å². The maximum atomic E-state index is 12.1. The molecule has 1 aromatic rings. The van der Waals surface area contributed by atoms with Crippen LogP contribution in [0.3, 0.4) is 0 Å². The average Bonchev–Trinajstić information content (AvgIpc) is 2.75. The van der Waals surface area contributed by atoms with E-state index in [0.29, 0.717) is 6.42 Å². The lowest BCUT2D eigenvalue weighted by Crippen LogP contribution is -2.41. The van der Waals surface area contributed by atoms with Gasteiger partial charge in [-0.2, -0.15) is 0 Å². The van der Waals surface area contributed by atoms with Crippen LogP contribution >= 0.6 is 0 Å². The van der Waals surface area contributed by atoms with E-state index in [2.05, 4.69) is 39.8 Å². The van der Waals surface area contributed by atoms with Gasteiger partial charge in [-0.05, 0) is 70.1 Å². The molecule has 1 fully saturated rings. The van der Waals surface area contributed by atoms with E-state index in [1.807, 2.05) is 6.07 Å². The SMILES string of the molecule is COc1cc(CCCCCCF)cc(B2OC(C)(C)C(C)(C)O2)c1. The van der Waals surface area contributed by atoms with Crippen molar-refractivity contribution in [2.75, 3.05) is 13.8 Å². The van der Waals surface area contributed by atoms with Gasteiger partial charge < -0.3 is 14.0 Å². The summed E-state index contributed by atoms with van der Waals surface area (Å²) in [5, 5.41) is 0. The number of methoxy groups -OCH3 is 1. The third-order valence-electron chi connectivity index (χ3n) is 5.10. The zero-order chi connectivity index (χ0) is 17.8. The van der Waals surface area contributed by atoms with Crippen molar-refractivity contribution in [3.63, 3.8) is 0 Å². The highest BCUT2D eigenvalue weighted by Gasteiger charge is 2.51. The molecule has 0 bridgehead atoms. The van der Waals surface area contributed by atoms with Crippen molar-refractivity contribution in [3.8, 4) is 5.75 Å². The maximum Gasteiger partial charge on any atom is 0.494 e. The molecule has 1 heterocycles. The molecule has 1 aromatic carbocycles. The van der Waals surface area contributed by atoms with Crippen LogP contribution in [0.2, 0.25) is 0 Å². The number of halogens is 1. The molecule has 0 N–H and O–H groups in total. The minimum Gasteiger partial charge on any atom is -0.497 e. The Morgan fingerprint density at radius 1 is 0.958 bits per heavy atom. The Bertz CT molecular complexity index is 529. The summed E-state index contributed by atoms with van der Waals surface area (Å²) in [6, 6.07) is 6.18. The first-order chi connectivity index (χ1) is 11.3. The zero-order valence-electron chi connectivity index (χ0n) is 15.7. The third-order valence-corrected chi connectivity index (χ3v) is 5.10. The van der Waals surface area contributed by atoms with Crippen molar-refractivity contribution in [2.24, 2.45) is 0 Å². The summed E-state index contributed by atoms with van der Waals surface area (Å²) in [4.78, 5) is 0. The largest absolute Gasteiger partial charge is 0.497 e. The fourth-order valence-corrected chi connectivity index (χ4v) is 2.84. The molecule has 0 spiro atoms. The predicted octanol–water partition coefficient (Wildman–Crippen LogP) is 4.07. The molecular weight excluding hydrogens is 306 g/mol. The summed E-state index contributed by atoms with van der Waals surface area (Å²) >= 11 is 0. The Morgan fingerprint density at radius 3 is 2.17 bits per heavy atom. The van der Waals surface area contributed by atoms with Gasteiger partial charge in [0.25, 0.3) is 0 Å². The summed E-state index contributed by atoms with van der Waals surface area (Å²) in [6.45, 7) is 8.00. The first-order valence-electron chi connectivity index (χ1n) is 8.88. The Kier molecular flexibility index (Phi) is 6.32. The molecular formula is C19H30BFO3. The second-order valence-electron chi connectivity index (χ2n) is 7.56. The molecule has 0 unspecified atom stereocenters. The Labute approximate surface area is 146 Å². The highest BCUT2D eigenvalue weighted by molar-refractivity contribution is 6.62. The van der Waals surface area contributed by atoms with Crippen LogP contribution in [0, 0.1) is 0 Å². The predicted molar refractivity (Wildman–Crippen MR) is 96.9 cm³/mol. The molecule has 2 rings (SSSR count). The monoisotopic (exact) mass is 336 g/mol. The smallest absolute Gasteiger partial charge is 0.494 e. The van der Waals surface area contributed by atoms with Crippen molar-refractivity contribution in [3.05, 3.63) is 23.8 Å². The average molecular weight is 336 g/mol. The molecule has 134 valence electrons. The van der Waals surface area contributed by atoms with Crippen molar-refractivity contribution in [1.29, 1.82) is 0 Å². The lowest BCUT2D eigenvalue weighted by Gasteiger charge is -2.32. The molecule has 24 heavy (non-hydrogen) atoms.